The first-order chi connectivity index (χ1) is 8.65. The summed E-state index contributed by atoms with van der Waals surface area (Å²) in [6, 6.07) is 7.29. The first-order valence-corrected chi connectivity index (χ1v) is 5.88. The molecule has 0 spiro atoms. The van der Waals surface area contributed by atoms with Gasteiger partial charge in [-0.25, -0.2) is 4.68 Å². The van der Waals surface area contributed by atoms with E-state index in [0.29, 0.717) is 24.1 Å². The monoisotopic (exact) mass is 243 g/mol. The Morgan fingerprint density at radius 1 is 1.28 bits per heavy atom. The van der Waals surface area contributed by atoms with Crippen molar-refractivity contribution in [2.75, 3.05) is 5.73 Å². The predicted octanol–water partition coefficient (Wildman–Crippen LogP) is 0.845. The van der Waals surface area contributed by atoms with Crippen LogP contribution in [0.15, 0.2) is 29.1 Å². The highest BCUT2D eigenvalue weighted by Crippen LogP contribution is 2.21. The Bertz CT molecular complexity index is 710. The van der Waals surface area contributed by atoms with E-state index in [2.05, 4.69) is 0 Å². The Labute approximate surface area is 103 Å². The van der Waals surface area contributed by atoms with Gasteiger partial charge in [0.15, 0.2) is 0 Å². The van der Waals surface area contributed by atoms with Gasteiger partial charge in [-0.1, -0.05) is 25.1 Å². The van der Waals surface area contributed by atoms with Gasteiger partial charge in [-0.3, -0.25) is 9.59 Å². The van der Waals surface area contributed by atoms with Crippen LogP contribution in [0, 0.1) is 0 Å². The van der Waals surface area contributed by atoms with E-state index in [-0.39, 0.29) is 17.3 Å². The van der Waals surface area contributed by atoms with Crippen molar-refractivity contribution in [3.05, 3.63) is 51.3 Å². The number of anilines is 1. The molecule has 0 atom stereocenters. The largest absolute Gasteiger partial charge is 0.383 e. The summed E-state index contributed by atoms with van der Waals surface area (Å²) in [5.74, 6) is 0.0353. The van der Waals surface area contributed by atoms with Crippen molar-refractivity contribution in [2.24, 2.45) is 0 Å². The summed E-state index contributed by atoms with van der Waals surface area (Å²) in [5.41, 5.74) is 7.72. The van der Waals surface area contributed by atoms with Crippen molar-refractivity contribution in [3.8, 4) is 0 Å². The fraction of sp³-hybridized carbons (Fsp3) is 0.231. The van der Waals surface area contributed by atoms with Gasteiger partial charge in [0.2, 0.25) is 0 Å². The lowest BCUT2D eigenvalue weighted by atomic mass is 10.1. The van der Waals surface area contributed by atoms with Gasteiger partial charge in [0.25, 0.3) is 11.5 Å². The van der Waals surface area contributed by atoms with Crippen molar-refractivity contribution >= 4 is 11.7 Å². The molecule has 18 heavy (non-hydrogen) atoms. The van der Waals surface area contributed by atoms with Gasteiger partial charge in [0.1, 0.15) is 5.82 Å². The molecule has 3 rings (SSSR count). The molecule has 5 heteroatoms. The van der Waals surface area contributed by atoms with Crippen LogP contribution in [-0.2, 0) is 13.0 Å². The van der Waals surface area contributed by atoms with Crippen LogP contribution < -0.4 is 11.3 Å². The van der Waals surface area contributed by atoms with E-state index in [1.54, 1.807) is 6.07 Å². The number of hydrogen-bond donors (Lipinski definition) is 1. The summed E-state index contributed by atoms with van der Waals surface area (Å²) in [4.78, 5) is 24.5. The zero-order valence-electron chi connectivity index (χ0n) is 10.0. The summed E-state index contributed by atoms with van der Waals surface area (Å²) in [7, 11) is 0. The molecule has 0 saturated heterocycles. The molecule has 2 aromatic rings. The van der Waals surface area contributed by atoms with Crippen molar-refractivity contribution in [1.82, 2.24) is 9.36 Å². The Kier molecular flexibility index (Phi) is 2.16. The zero-order chi connectivity index (χ0) is 12.9. The second kappa shape index (κ2) is 3.60. The molecule has 2 heterocycles. The molecule has 1 aliphatic heterocycles. The maximum atomic E-state index is 12.3. The Balaban J connectivity index is 2.31. The van der Waals surface area contributed by atoms with Crippen LogP contribution in [0.1, 0.15) is 28.4 Å². The van der Waals surface area contributed by atoms with Gasteiger partial charge in [0, 0.05) is 5.56 Å². The number of benzene rings is 1. The smallest absolute Gasteiger partial charge is 0.278 e. The highest BCUT2D eigenvalue weighted by Gasteiger charge is 2.27. The van der Waals surface area contributed by atoms with Crippen molar-refractivity contribution in [2.45, 2.75) is 19.9 Å². The first-order valence-electron chi connectivity index (χ1n) is 5.88. The van der Waals surface area contributed by atoms with Gasteiger partial charge in [0.05, 0.1) is 12.1 Å². The molecule has 2 N–H and O–H groups in total. The number of carbonyl (C=O) groups excluding carboxylic acids is 1. The van der Waals surface area contributed by atoms with Crippen molar-refractivity contribution in [1.29, 1.82) is 0 Å². The number of carbonyl (C=O) groups is 1. The number of hydrogen-bond acceptors (Lipinski definition) is 3. The molecule has 92 valence electrons. The van der Waals surface area contributed by atoms with Crippen LogP contribution in [0.5, 0.6) is 0 Å². The Morgan fingerprint density at radius 2 is 2.00 bits per heavy atom. The van der Waals surface area contributed by atoms with E-state index < -0.39 is 0 Å². The minimum atomic E-state index is -0.230. The molecule has 0 radical (unpaired) electrons. The first kappa shape index (κ1) is 10.8. The average molecular weight is 243 g/mol. The summed E-state index contributed by atoms with van der Waals surface area (Å²) in [6.07, 6.45) is 0.529. The molecule has 1 aromatic carbocycles. The fourth-order valence-electron chi connectivity index (χ4n) is 2.45. The number of fused-ring (bicyclic) bond motifs is 2. The topological polar surface area (TPSA) is 70.0 Å². The zero-order valence-corrected chi connectivity index (χ0v) is 10.0. The molecule has 1 aliphatic rings. The highest BCUT2D eigenvalue weighted by molar-refractivity contribution is 5.99. The van der Waals surface area contributed by atoms with Gasteiger partial charge in [-0.15, -0.1) is 0 Å². The van der Waals surface area contributed by atoms with E-state index in [1.807, 2.05) is 25.1 Å². The lowest BCUT2D eigenvalue weighted by Gasteiger charge is -2.19. The summed E-state index contributed by atoms with van der Waals surface area (Å²) in [5, 5.41) is 0. The lowest BCUT2D eigenvalue weighted by molar-refractivity contribution is 0.0919. The van der Waals surface area contributed by atoms with E-state index in [9.17, 15) is 9.59 Å². The van der Waals surface area contributed by atoms with E-state index in [1.165, 1.54) is 9.36 Å². The molecule has 5 nitrogen and oxygen atoms in total. The number of nitrogens with zero attached hydrogens (tertiary/aromatic N) is 2. The molecule has 0 bridgehead atoms. The van der Waals surface area contributed by atoms with Crippen LogP contribution in [-0.4, -0.2) is 15.3 Å². The Morgan fingerprint density at radius 3 is 2.72 bits per heavy atom. The third-order valence-electron chi connectivity index (χ3n) is 3.39. The third kappa shape index (κ3) is 1.21. The lowest BCUT2D eigenvalue weighted by Crippen LogP contribution is -2.34. The molecule has 0 saturated carbocycles. The van der Waals surface area contributed by atoms with Crippen LogP contribution in [0.25, 0.3) is 0 Å². The number of nitrogens with two attached hydrogens (primary N) is 1. The van der Waals surface area contributed by atoms with E-state index >= 15 is 0 Å². The number of aromatic nitrogens is 2. The molecule has 0 unspecified atom stereocenters. The third-order valence-corrected chi connectivity index (χ3v) is 3.39. The molecule has 1 aromatic heterocycles. The van der Waals surface area contributed by atoms with Gasteiger partial charge >= 0.3 is 0 Å². The normalized spacial score (nSPS) is 13.3. The SMILES string of the molecule is CCc1c(N)n2n(c1=O)Cc1ccccc1C2=O. The summed E-state index contributed by atoms with van der Waals surface area (Å²) < 4.78 is 2.71. The standard InChI is InChI=1S/C13H13N3O2/c1-2-9-11(14)16-13(18)10-6-4-3-5-8(10)7-15(16)12(9)17/h3-6H,2,7,14H2,1H3. The molecule has 0 fully saturated rings. The van der Waals surface area contributed by atoms with Crippen LogP contribution in [0.2, 0.25) is 0 Å². The summed E-state index contributed by atoms with van der Waals surface area (Å²) in [6.45, 7) is 2.25. The average Bonchev–Trinajstić information content (AvgIpc) is 2.62. The van der Waals surface area contributed by atoms with Crippen molar-refractivity contribution in [3.63, 3.8) is 0 Å². The molecule has 0 aliphatic carbocycles. The second-order valence-electron chi connectivity index (χ2n) is 4.35. The summed E-state index contributed by atoms with van der Waals surface area (Å²) >= 11 is 0. The minimum Gasteiger partial charge on any atom is -0.383 e. The van der Waals surface area contributed by atoms with Crippen LogP contribution >= 0.6 is 0 Å². The quantitative estimate of drug-likeness (QED) is 0.688. The maximum Gasteiger partial charge on any atom is 0.278 e. The van der Waals surface area contributed by atoms with Crippen molar-refractivity contribution < 1.29 is 4.79 Å². The second-order valence-corrected chi connectivity index (χ2v) is 4.35. The van der Waals surface area contributed by atoms with Gasteiger partial charge in [-0.2, -0.15) is 4.68 Å². The maximum absolute atomic E-state index is 12.3. The van der Waals surface area contributed by atoms with Gasteiger partial charge < -0.3 is 5.73 Å². The predicted molar refractivity (Wildman–Crippen MR) is 67.8 cm³/mol. The Hall–Kier alpha value is -2.30. The number of nitrogen functional groups attached to an aromatic ring is 1. The van der Waals surface area contributed by atoms with Crippen LogP contribution in [0.4, 0.5) is 5.82 Å². The fourth-order valence-corrected chi connectivity index (χ4v) is 2.45. The number of rotatable bonds is 1. The molecule has 0 amide bonds. The van der Waals surface area contributed by atoms with E-state index in [4.69, 9.17) is 5.73 Å². The van der Waals surface area contributed by atoms with Gasteiger partial charge in [-0.05, 0) is 18.1 Å². The highest BCUT2D eigenvalue weighted by atomic mass is 16.2. The minimum absolute atomic E-state index is 0.169. The van der Waals surface area contributed by atoms with E-state index in [0.717, 1.165) is 5.56 Å². The van der Waals surface area contributed by atoms with Crippen LogP contribution in [0.3, 0.4) is 0 Å². The molecular formula is C13H13N3O2. The molecular weight excluding hydrogens is 230 g/mol.